The normalized spacial score (nSPS) is 12.7. The minimum Gasteiger partial charge on any atom is -0.382 e. The van der Waals surface area contributed by atoms with Crippen LogP contribution in [0.25, 0.3) is 0 Å². The summed E-state index contributed by atoms with van der Waals surface area (Å²) in [6.07, 6.45) is 0.891. The van der Waals surface area contributed by atoms with E-state index < -0.39 is 6.10 Å². The molecule has 0 aliphatic rings. The highest BCUT2D eigenvalue weighted by Gasteiger charge is 2.18. The van der Waals surface area contributed by atoms with E-state index >= 15 is 0 Å². The summed E-state index contributed by atoms with van der Waals surface area (Å²) in [6.45, 7) is 4.65. The molecule has 1 atom stereocenters. The van der Waals surface area contributed by atoms with Crippen LogP contribution in [0.3, 0.4) is 0 Å². The second-order valence-corrected chi connectivity index (χ2v) is 4.65. The lowest BCUT2D eigenvalue weighted by Crippen LogP contribution is -2.09. The molecule has 1 aromatic carbocycles. The van der Waals surface area contributed by atoms with Gasteiger partial charge in [0, 0.05) is 16.6 Å². The third-order valence-corrected chi connectivity index (χ3v) is 3.83. The van der Waals surface area contributed by atoms with Crippen LogP contribution < -0.4 is 0 Å². The molecule has 0 aliphatic carbocycles. The van der Waals surface area contributed by atoms with Gasteiger partial charge in [0.2, 0.25) is 0 Å². The Morgan fingerprint density at radius 1 is 1.47 bits per heavy atom. The zero-order valence-electron chi connectivity index (χ0n) is 9.76. The van der Waals surface area contributed by atoms with E-state index in [1.54, 1.807) is 10.9 Å². The molecule has 0 fully saturated rings. The van der Waals surface area contributed by atoms with Crippen molar-refractivity contribution in [3.8, 4) is 0 Å². The summed E-state index contributed by atoms with van der Waals surface area (Å²) in [6, 6.07) is 5.82. The van der Waals surface area contributed by atoms with Gasteiger partial charge in [-0.05, 0) is 19.4 Å². The number of aryl methyl sites for hydroxylation is 2. The summed E-state index contributed by atoms with van der Waals surface area (Å²) in [5.41, 5.74) is 2.64. The summed E-state index contributed by atoms with van der Waals surface area (Å²) in [4.78, 5) is 0. The van der Waals surface area contributed by atoms with Crippen molar-refractivity contribution in [2.75, 3.05) is 0 Å². The second-order valence-electron chi connectivity index (χ2n) is 3.86. The largest absolute Gasteiger partial charge is 0.382 e. The molecule has 1 aromatic heterocycles. The third-order valence-electron chi connectivity index (χ3n) is 2.74. The smallest absolute Gasteiger partial charge is 0.123 e. The lowest BCUT2D eigenvalue weighted by atomic mass is 10.0. The van der Waals surface area contributed by atoms with Gasteiger partial charge >= 0.3 is 0 Å². The summed E-state index contributed by atoms with van der Waals surface area (Å²) in [7, 11) is 0. The van der Waals surface area contributed by atoms with E-state index in [0.29, 0.717) is 12.2 Å². The van der Waals surface area contributed by atoms with Gasteiger partial charge in [0.15, 0.2) is 0 Å². The monoisotopic (exact) mass is 295 g/mol. The predicted octanol–water partition coefficient (Wildman–Crippen LogP) is 2.45. The molecule has 4 nitrogen and oxygen atoms in total. The topological polar surface area (TPSA) is 50.9 Å². The standard InChI is InChI=1S/C12H14BrN3O/c1-3-16-10(7-14-15-16)12(17)9-6-4-5-8(2)11(9)13/h4-7,12,17H,3H2,1-2H3. The van der Waals surface area contributed by atoms with Gasteiger partial charge in [-0.3, -0.25) is 0 Å². The van der Waals surface area contributed by atoms with Crippen LogP contribution in [-0.2, 0) is 6.54 Å². The Kier molecular flexibility index (Phi) is 3.59. The number of benzene rings is 1. The second kappa shape index (κ2) is 4.98. The molecular weight excluding hydrogens is 282 g/mol. The van der Waals surface area contributed by atoms with Crippen molar-refractivity contribution in [3.63, 3.8) is 0 Å². The zero-order chi connectivity index (χ0) is 12.4. The molecule has 0 saturated carbocycles. The number of hydrogen-bond donors (Lipinski definition) is 1. The Labute approximate surface area is 108 Å². The lowest BCUT2D eigenvalue weighted by molar-refractivity contribution is 0.207. The fourth-order valence-electron chi connectivity index (χ4n) is 1.76. The molecule has 0 bridgehead atoms. The first-order valence-electron chi connectivity index (χ1n) is 5.46. The maximum atomic E-state index is 10.4. The lowest BCUT2D eigenvalue weighted by Gasteiger charge is -2.14. The first-order chi connectivity index (χ1) is 8.15. The molecule has 0 saturated heterocycles. The Balaban J connectivity index is 2.44. The zero-order valence-corrected chi connectivity index (χ0v) is 11.3. The first kappa shape index (κ1) is 12.3. The van der Waals surface area contributed by atoms with Crippen LogP contribution in [0.5, 0.6) is 0 Å². The Bertz CT molecular complexity index is 524. The van der Waals surface area contributed by atoms with Gasteiger partial charge in [-0.1, -0.05) is 39.3 Å². The summed E-state index contributed by atoms with van der Waals surface area (Å²) >= 11 is 3.50. The minimum atomic E-state index is -0.709. The van der Waals surface area contributed by atoms with E-state index in [1.807, 2.05) is 32.0 Å². The van der Waals surface area contributed by atoms with Crippen LogP contribution in [0.15, 0.2) is 28.9 Å². The van der Waals surface area contributed by atoms with Crippen LogP contribution in [0.2, 0.25) is 0 Å². The van der Waals surface area contributed by atoms with Crippen LogP contribution >= 0.6 is 15.9 Å². The molecule has 0 amide bonds. The van der Waals surface area contributed by atoms with Crippen molar-refractivity contribution in [1.29, 1.82) is 0 Å². The van der Waals surface area contributed by atoms with Crippen molar-refractivity contribution in [2.45, 2.75) is 26.5 Å². The number of aliphatic hydroxyl groups excluding tert-OH is 1. The van der Waals surface area contributed by atoms with Crippen LogP contribution in [0.1, 0.15) is 29.8 Å². The van der Waals surface area contributed by atoms with Crippen molar-refractivity contribution < 1.29 is 5.11 Å². The van der Waals surface area contributed by atoms with E-state index in [9.17, 15) is 5.11 Å². The molecule has 2 rings (SSSR count). The summed E-state index contributed by atoms with van der Waals surface area (Å²) in [5.74, 6) is 0. The van der Waals surface area contributed by atoms with E-state index in [0.717, 1.165) is 15.6 Å². The molecule has 1 unspecified atom stereocenters. The molecular formula is C12H14BrN3O. The molecule has 0 spiro atoms. The maximum absolute atomic E-state index is 10.4. The van der Waals surface area contributed by atoms with Crippen molar-refractivity contribution in [2.24, 2.45) is 0 Å². The van der Waals surface area contributed by atoms with Crippen LogP contribution in [-0.4, -0.2) is 20.1 Å². The Morgan fingerprint density at radius 2 is 2.24 bits per heavy atom. The minimum absolute atomic E-state index is 0.690. The van der Waals surface area contributed by atoms with Gasteiger partial charge in [-0.25, -0.2) is 4.68 Å². The molecule has 90 valence electrons. The van der Waals surface area contributed by atoms with Gasteiger partial charge in [-0.2, -0.15) is 0 Å². The van der Waals surface area contributed by atoms with Gasteiger partial charge < -0.3 is 5.11 Å². The fraction of sp³-hybridized carbons (Fsp3) is 0.333. The van der Waals surface area contributed by atoms with Crippen molar-refractivity contribution >= 4 is 15.9 Å². The molecule has 0 aliphatic heterocycles. The summed E-state index contributed by atoms with van der Waals surface area (Å²) in [5, 5.41) is 18.1. The molecule has 0 radical (unpaired) electrons. The SMILES string of the molecule is CCn1nncc1C(O)c1cccc(C)c1Br. The van der Waals surface area contributed by atoms with Gasteiger partial charge in [-0.15, -0.1) is 5.10 Å². The van der Waals surface area contributed by atoms with Crippen LogP contribution in [0, 0.1) is 6.92 Å². The van der Waals surface area contributed by atoms with Gasteiger partial charge in [0.25, 0.3) is 0 Å². The average molecular weight is 296 g/mol. The average Bonchev–Trinajstić information content (AvgIpc) is 2.80. The number of aliphatic hydroxyl groups is 1. The predicted molar refractivity (Wildman–Crippen MR) is 68.6 cm³/mol. The Hall–Kier alpha value is -1.20. The number of aromatic nitrogens is 3. The van der Waals surface area contributed by atoms with E-state index in [2.05, 4.69) is 26.2 Å². The molecule has 1 heterocycles. The fourth-order valence-corrected chi connectivity index (χ4v) is 2.24. The Morgan fingerprint density at radius 3 is 2.94 bits per heavy atom. The quantitative estimate of drug-likeness (QED) is 0.946. The number of nitrogens with zero attached hydrogens (tertiary/aromatic N) is 3. The first-order valence-corrected chi connectivity index (χ1v) is 6.26. The highest BCUT2D eigenvalue weighted by molar-refractivity contribution is 9.10. The molecule has 17 heavy (non-hydrogen) atoms. The maximum Gasteiger partial charge on any atom is 0.123 e. The van der Waals surface area contributed by atoms with E-state index in [4.69, 9.17) is 0 Å². The van der Waals surface area contributed by atoms with E-state index in [-0.39, 0.29) is 0 Å². The van der Waals surface area contributed by atoms with E-state index in [1.165, 1.54) is 0 Å². The van der Waals surface area contributed by atoms with Crippen LogP contribution in [0.4, 0.5) is 0 Å². The van der Waals surface area contributed by atoms with Crippen molar-refractivity contribution in [1.82, 2.24) is 15.0 Å². The summed E-state index contributed by atoms with van der Waals surface area (Å²) < 4.78 is 2.62. The van der Waals surface area contributed by atoms with Gasteiger partial charge in [0.05, 0.1) is 11.9 Å². The number of halogens is 1. The highest BCUT2D eigenvalue weighted by Crippen LogP contribution is 2.30. The third kappa shape index (κ3) is 2.25. The van der Waals surface area contributed by atoms with Gasteiger partial charge in [0.1, 0.15) is 6.10 Å². The molecule has 2 aromatic rings. The molecule has 5 heteroatoms. The molecule has 1 N–H and O–H groups in total. The number of hydrogen-bond acceptors (Lipinski definition) is 3. The highest BCUT2D eigenvalue weighted by atomic mass is 79.9. The van der Waals surface area contributed by atoms with Crippen molar-refractivity contribution in [3.05, 3.63) is 45.7 Å². The number of rotatable bonds is 3.